The van der Waals surface area contributed by atoms with Crippen molar-refractivity contribution in [1.29, 1.82) is 0 Å². The number of fused-ring (bicyclic) bond motifs is 2. The van der Waals surface area contributed by atoms with Crippen LogP contribution in [-0.4, -0.2) is 79.2 Å². The first-order valence-electron chi connectivity index (χ1n) is 14.8. The number of hydrogen-bond acceptors (Lipinski definition) is 8. The molecule has 2 aromatic carbocycles. The van der Waals surface area contributed by atoms with Gasteiger partial charge in [0, 0.05) is 13.1 Å². The van der Waals surface area contributed by atoms with Crippen LogP contribution in [0.3, 0.4) is 0 Å². The molecule has 236 valence electrons. The van der Waals surface area contributed by atoms with Crippen molar-refractivity contribution in [2.24, 2.45) is 5.92 Å². The van der Waals surface area contributed by atoms with E-state index in [0.717, 1.165) is 11.1 Å². The Morgan fingerprint density at radius 2 is 1.77 bits per heavy atom. The lowest BCUT2D eigenvalue weighted by Crippen LogP contribution is -2.62. The summed E-state index contributed by atoms with van der Waals surface area (Å²) >= 11 is 0. The zero-order valence-electron chi connectivity index (χ0n) is 25.7. The number of alkyl carbamates (subject to hydrolysis) is 1. The van der Waals surface area contributed by atoms with Crippen LogP contribution in [0.1, 0.15) is 45.7 Å². The third-order valence-corrected chi connectivity index (χ3v) is 6.75. The molecule has 0 saturated heterocycles. The van der Waals surface area contributed by atoms with Crippen LogP contribution in [0.15, 0.2) is 54.6 Å². The van der Waals surface area contributed by atoms with Gasteiger partial charge in [-0.05, 0) is 56.4 Å². The Bertz CT molecular complexity index is 1190. The maximum absolute atomic E-state index is 13.9. The molecule has 3 amide bonds. The number of aliphatic hydroxyl groups is 1. The average Bonchev–Trinajstić information content (AvgIpc) is 2.94. The highest BCUT2D eigenvalue weighted by atomic mass is 16.6. The van der Waals surface area contributed by atoms with Crippen molar-refractivity contribution in [3.05, 3.63) is 65.7 Å². The third-order valence-electron chi connectivity index (χ3n) is 6.75. The second-order valence-corrected chi connectivity index (χ2v) is 11.9. The zero-order valence-corrected chi connectivity index (χ0v) is 25.7. The lowest BCUT2D eigenvalue weighted by atomic mass is 9.94. The molecule has 1 heterocycles. The maximum atomic E-state index is 13.9. The molecule has 5 N–H and O–H groups in total. The van der Waals surface area contributed by atoms with Gasteiger partial charge >= 0.3 is 6.09 Å². The van der Waals surface area contributed by atoms with Crippen molar-refractivity contribution >= 4 is 17.9 Å². The third kappa shape index (κ3) is 11.5. The SMILES string of the molecule is CC(C)C1NC(=O)C(C(O)C(Cc2ccccc2)NC(=O)OC(C)(C)C)NCc2cccc(c2)OCCOCCNC1=O. The standard InChI is InChI=1S/C32H46N4O7/c1-21(2)26-29(38)33-14-15-41-16-17-42-24-13-9-12-23(18-24)20-34-27(30(39)36-26)28(37)25(19-22-10-7-6-8-11-22)35-31(40)43-32(3,4)5/h6-13,18,21,25-28,34,37H,14-17,19-20H2,1-5H3,(H,33,38)(H,35,40)(H,36,39). The van der Waals surface area contributed by atoms with Crippen LogP contribution in [0.4, 0.5) is 4.79 Å². The molecule has 4 atom stereocenters. The monoisotopic (exact) mass is 598 g/mol. The fraction of sp³-hybridized carbons (Fsp3) is 0.531. The van der Waals surface area contributed by atoms with E-state index < -0.39 is 41.8 Å². The van der Waals surface area contributed by atoms with E-state index in [1.54, 1.807) is 20.8 Å². The minimum Gasteiger partial charge on any atom is -0.491 e. The first-order valence-corrected chi connectivity index (χ1v) is 14.8. The largest absolute Gasteiger partial charge is 0.491 e. The highest BCUT2D eigenvalue weighted by Crippen LogP contribution is 2.16. The molecular formula is C32H46N4O7. The minimum absolute atomic E-state index is 0.200. The molecule has 0 saturated carbocycles. The van der Waals surface area contributed by atoms with Gasteiger partial charge in [-0.2, -0.15) is 0 Å². The number of carbonyl (C=O) groups excluding carboxylic acids is 3. The summed E-state index contributed by atoms with van der Waals surface area (Å²) in [5, 5.41) is 23.3. The molecule has 11 heteroatoms. The lowest BCUT2D eigenvalue weighted by Gasteiger charge is -2.33. The van der Waals surface area contributed by atoms with Gasteiger partial charge in [0.15, 0.2) is 0 Å². The van der Waals surface area contributed by atoms with Crippen LogP contribution in [0.5, 0.6) is 5.75 Å². The van der Waals surface area contributed by atoms with E-state index in [1.807, 2.05) is 68.4 Å². The summed E-state index contributed by atoms with van der Waals surface area (Å²) in [6.45, 7) is 10.3. The first-order chi connectivity index (χ1) is 20.4. The molecule has 0 fully saturated rings. The molecule has 0 aromatic heterocycles. The number of hydrogen-bond donors (Lipinski definition) is 5. The molecule has 43 heavy (non-hydrogen) atoms. The number of nitrogens with one attached hydrogen (secondary N) is 4. The Morgan fingerprint density at radius 3 is 2.47 bits per heavy atom. The normalized spacial score (nSPS) is 20.5. The van der Waals surface area contributed by atoms with E-state index in [0.29, 0.717) is 19.0 Å². The Balaban J connectivity index is 1.94. The van der Waals surface area contributed by atoms with E-state index >= 15 is 0 Å². The average molecular weight is 599 g/mol. The highest BCUT2D eigenvalue weighted by molar-refractivity contribution is 5.90. The van der Waals surface area contributed by atoms with Crippen molar-refractivity contribution in [1.82, 2.24) is 21.3 Å². The molecule has 0 aliphatic carbocycles. The number of aliphatic hydroxyl groups excluding tert-OH is 1. The van der Waals surface area contributed by atoms with Crippen molar-refractivity contribution in [2.75, 3.05) is 26.4 Å². The van der Waals surface area contributed by atoms with Gasteiger partial charge in [-0.1, -0.05) is 56.3 Å². The lowest BCUT2D eigenvalue weighted by molar-refractivity contribution is -0.133. The topological polar surface area (TPSA) is 147 Å². The fourth-order valence-electron chi connectivity index (χ4n) is 4.61. The van der Waals surface area contributed by atoms with Gasteiger partial charge in [0.25, 0.3) is 0 Å². The van der Waals surface area contributed by atoms with Gasteiger partial charge in [0.2, 0.25) is 11.8 Å². The van der Waals surface area contributed by atoms with Crippen LogP contribution in [-0.2, 0) is 32.0 Å². The summed E-state index contributed by atoms with van der Waals surface area (Å²) in [6.07, 6.45) is -1.90. The summed E-state index contributed by atoms with van der Waals surface area (Å²) in [6, 6.07) is 13.7. The molecule has 0 radical (unpaired) electrons. The number of carbonyl (C=O) groups is 3. The van der Waals surface area contributed by atoms with E-state index in [4.69, 9.17) is 14.2 Å². The minimum atomic E-state index is -1.40. The van der Waals surface area contributed by atoms with Gasteiger partial charge in [0.1, 0.15) is 30.0 Å². The Kier molecular flexibility index (Phi) is 12.8. The van der Waals surface area contributed by atoms with Gasteiger partial charge in [0.05, 0.1) is 25.4 Å². The molecule has 1 aliphatic heterocycles. The Morgan fingerprint density at radius 1 is 1.02 bits per heavy atom. The Labute approximate surface area is 254 Å². The predicted octanol–water partition coefficient (Wildman–Crippen LogP) is 2.31. The van der Waals surface area contributed by atoms with Crippen molar-refractivity contribution < 1.29 is 33.7 Å². The van der Waals surface area contributed by atoms with Gasteiger partial charge in [-0.25, -0.2) is 4.79 Å². The van der Waals surface area contributed by atoms with Crippen molar-refractivity contribution in [3.8, 4) is 5.75 Å². The second-order valence-electron chi connectivity index (χ2n) is 11.9. The second kappa shape index (κ2) is 16.3. The molecule has 2 aromatic rings. The molecule has 4 unspecified atom stereocenters. The van der Waals surface area contributed by atoms with E-state index in [-0.39, 0.29) is 37.9 Å². The van der Waals surface area contributed by atoms with Crippen LogP contribution >= 0.6 is 0 Å². The number of amides is 3. The van der Waals surface area contributed by atoms with Crippen molar-refractivity contribution in [3.63, 3.8) is 0 Å². The molecular weight excluding hydrogens is 552 g/mol. The van der Waals surface area contributed by atoms with Gasteiger partial charge in [-0.15, -0.1) is 0 Å². The van der Waals surface area contributed by atoms with Crippen LogP contribution in [0.25, 0.3) is 0 Å². The zero-order chi connectivity index (χ0) is 31.4. The summed E-state index contributed by atoms with van der Waals surface area (Å²) in [7, 11) is 0. The molecule has 2 bridgehead atoms. The number of ether oxygens (including phenoxy) is 3. The number of rotatable bonds is 6. The summed E-state index contributed by atoms with van der Waals surface area (Å²) in [4.78, 5) is 39.7. The van der Waals surface area contributed by atoms with E-state index in [9.17, 15) is 19.5 Å². The molecule has 1 aliphatic rings. The maximum Gasteiger partial charge on any atom is 0.407 e. The van der Waals surface area contributed by atoms with Crippen LogP contribution in [0.2, 0.25) is 0 Å². The molecule has 3 rings (SSSR count). The molecule has 11 nitrogen and oxygen atoms in total. The van der Waals surface area contributed by atoms with E-state index in [1.165, 1.54) is 0 Å². The fourth-order valence-corrected chi connectivity index (χ4v) is 4.61. The van der Waals surface area contributed by atoms with Gasteiger partial charge in [-0.3, -0.25) is 14.9 Å². The van der Waals surface area contributed by atoms with Crippen molar-refractivity contribution in [2.45, 2.75) is 77.4 Å². The summed E-state index contributed by atoms with van der Waals surface area (Å²) in [5.41, 5.74) is 0.892. The van der Waals surface area contributed by atoms with E-state index in [2.05, 4.69) is 21.3 Å². The van der Waals surface area contributed by atoms with Crippen LogP contribution < -0.4 is 26.0 Å². The molecule has 0 spiro atoms. The number of benzene rings is 2. The first kappa shape index (κ1) is 33.8. The Hall–Kier alpha value is -3.67. The quantitative estimate of drug-likeness (QED) is 0.341. The van der Waals surface area contributed by atoms with Gasteiger partial charge < -0.3 is 35.3 Å². The summed E-state index contributed by atoms with van der Waals surface area (Å²) in [5.74, 6) is -0.552. The highest BCUT2D eigenvalue weighted by Gasteiger charge is 2.37. The summed E-state index contributed by atoms with van der Waals surface area (Å²) < 4.78 is 16.8. The smallest absolute Gasteiger partial charge is 0.407 e. The van der Waals surface area contributed by atoms with Crippen LogP contribution in [0, 0.1) is 5.92 Å². The predicted molar refractivity (Wildman–Crippen MR) is 162 cm³/mol.